The van der Waals surface area contributed by atoms with Crippen molar-refractivity contribution >= 4 is 46.9 Å². The van der Waals surface area contributed by atoms with Gasteiger partial charge in [0.1, 0.15) is 36.6 Å². The Morgan fingerprint density at radius 2 is 0.500 bits per heavy atom. The van der Waals surface area contributed by atoms with E-state index >= 15 is 0 Å². The maximum atomic E-state index is 11.4. The topological polar surface area (TPSA) is 406 Å². The van der Waals surface area contributed by atoms with Crippen molar-refractivity contribution < 1.29 is 172 Å². The second-order valence-corrected chi connectivity index (χ2v) is 13.4. The van der Waals surface area contributed by atoms with Crippen molar-refractivity contribution in [3.8, 4) is 0 Å². The molecule has 1 fully saturated rings. The molecule has 0 spiro atoms. The molecule has 1 aliphatic rings. The molecule has 0 aromatic carbocycles. The van der Waals surface area contributed by atoms with E-state index in [0.717, 1.165) is 0 Å². The minimum absolute atomic E-state index is 0. The molecule has 24 nitrogen and oxygen atoms in total. The minimum Gasteiger partial charge on any atom is -0.756 e. The van der Waals surface area contributed by atoms with E-state index in [2.05, 4.69) is 27.1 Å². The first kappa shape index (κ1) is 42.8. The Bertz CT molecular complexity index is 829. The summed E-state index contributed by atoms with van der Waals surface area (Å²) in [5, 5.41) is 0. The molecule has 0 radical (unpaired) electrons. The van der Waals surface area contributed by atoms with Gasteiger partial charge in [-0.2, -0.15) is 0 Å². The molecule has 1 aliphatic carbocycles. The third kappa shape index (κ3) is 17.1. The van der Waals surface area contributed by atoms with Gasteiger partial charge in [0.05, 0.1) is 0 Å². The van der Waals surface area contributed by atoms with Crippen LogP contribution in [0.3, 0.4) is 0 Å². The van der Waals surface area contributed by atoms with Crippen LogP contribution in [0.5, 0.6) is 0 Å². The van der Waals surface area contributed by atoms with Crippen molar-refractivity contribution in [1.82, 2.24) is 0 Å². The predicted molar refractivity (Wildman–Crippen MR) is 97.1 cm³/mol. The maximum absolute atomic E-state index is 11.4. The van der Waals surface area contributed by atoms with Gasteiger partial charge in [0.15, 0.2) is 0 Å². The average Bonchev–Trinajstić information content (AvgIpc) is 2.51. The summed E-state index contributed by atoms with van der Waals surface area (Å²) in [4.78, 5) is 114. The van der Waals surface area contributed by atoms with Crippen LogP contribution in [0.4, 0.5) is 0 Å². The van der Waals surface area contributed by atoms with Gasteiger partial charge in [0.2, 0.25) is 0 Å². The molecular weight excluding hydrogens is 688 g/mol. The molecule has 1 rings (SSSR count). The Morgan fingerprint density at radius 3 is 0.605 bits per heavy atom. The first-order valence-corrected chi connectivity index (χ1v) is 17.1. The zero-order valence-corrected chi connectivity index (χ0v) is 27.7. The Kier molecular flexibility index (Phi) is 17.0. The van der Waals surface area contributed by atoms with Crippen LogP contribution in [-0.2, 0) is 54.5 Å². The van der Waals surface area contributed by atoms with Crippen LogP contribution in [0, 0.1) is 0 Å². The van der Waals surface area contributed by atoms with Gasteiger partial charge in [0.25, 0.3) is 15.6 Å². The fourth-order valence-corrected chi connectivity index (χ4v) is 6.11. The Hall–Kier alpha value is 2.66. The Labute approximate surface area is 254 Å². The summed E-state index contributed by atoms with van der Waals surface area (Å²) in [5.41, 5.74) is 0. The second-order valence-electron chi connectivity index (χ2n) is 6.32. The van der Waals surface area contributed by atoms with E-state index in [1.54, 1.807) is 0 Å². The summed E-state index contributed by atoms with van der Waals surface area (Å²) in [6.45, 7) is 0. The number of phosphoric ester groups is 6. The molecule has 38 heavy (non-hydrogen) atoms. The van der Waals surface area contributed by atoms with Gasteiger partial charge in [0, 0.05) is 0 Å². The van der Waals surface area contributed by atoms with Gasteiger partial charge < -0.3 is 67.8 Å². The van der Waals surface area contributed by atoms with Crippen molar-refractivity contribution in [2.75, 3.05) is 0 Å². The fourth-order valence-electron chi connectivity index (χ4n) is 2.78. The summed E-state index contributed by atoms with van der Waals surface area (Å²) in [5.74, 6) is 0. The molecule has 0 heterocycles. The van der Waals surface area contributed by atoms with Crippen LogP contribution >= 0.6 is 46.9 Å². The normalized spacial score (nSPS) is 30.3. The van der Waals surface area contributed by atoms with Crippen LogP contribution in [0.1, 0.15) is 0 Å². The van der Waals surface area contributed by atoms with Crippen molar-refractivity contribution in [3.63, 3.8) is 0 Å². The predicted octanol–water partition coefficient (Wildman–Crippen LogP) is -10.4. The van der Waals surface area contributed by atoms with Gasteiger partial charge in [-0.05, 0) is 0 Å². The van der Waals surface area contributed by atoms with Gasteiger partial charge in [-0.25, -0.2) is 18.3 Å². The van der Waals surface area contributed by atoms with E-state index in [-0.39, 0.29) is 59.1 Å². The first-order chi connectivity index (χ1) is 15.6. The Morgan fingerprint density at radius 1 is 0.368 bits per heavy atom. The smallest absolute Gasteiger partial charge is 0.756 e. The first-order valence-electron chi connectivity index (χ1n) is 7.97. The SMILES string of the molecule is O=P([O-])(O)OC1[C@@H](OP(=O)(O)O)[C@@H](OP(=O)(O)O)C(OP(=O)([O-])O)[C@H](OP(=O)(O)O)[C@H]1OP(=O)(O)O.[Na+].[Na+]. The molecular formula is C6H16Na2O24P6. The molecule has 0 saturated heterocycles. The number of hydrogen-bond donors (Lipinski definition) is 10. The van der Waals surface area contributed by atoms with Crippen LogP contribution in [0.15, 0.2) is 0 Å². The molecule has 32 heteroatoms. The molecule has 0 amide bonds. The van der Waals surface area contributed by atoms with Gasteiger partial charge in [-0.3, -0.25) is 27.2 Å². The summed E-state index contributed by atoms with van der Waals surface area (Å²) < 4.78 is 92.3. The minimum atomic E-state index is -6.28. The molecule has 216 valence electrons. The monoisotopic (exact) mass is 704 g/mol. The molecule has 10 N–H and O–H groups in total. The van der Waals surface area contributed by atoms with Gasteiger partial charge in [-0.15, -0.1) is 0 Å². The van der Waals surface area contributed by atoms with Gasteiger partial charge in [-0.1, -0.05) is 0 Å². The molecule has 0 aliphatic heterocycles. The standard InChI is InChI=1S/C6H18O24P6.2Na/c7-31(8,9)25-1-2(26-32(10,11)12)4(28-34(16,17)18)6(30-36(22,23)24)5(29-35(19,20)21)3(1)27-33(13,14)15;;/h1-6H,(H2,7,8,9)(H2,10,11,12)(H2,13,14,15)(H2,16,17,18)(H2,19,20,21)(H2,22,23,24);;/q;2*+1/p-2/t1-,2-,3?,4?,5-,6+;;/m1../s1. The van der Waals surface area contributed by atoms with Crippen LogP contribution in [-0.4, -0.2) is 85.6 Å². The summed E-state index contributed by atoms with van der Waals surface area (Å²) in [6.07, 6.45) is -19.3. The van der Waals surface area contributed by atoms with Crippen LogP contribution in [0.2, 0.25) is 0 Å². The second kappa shape index (κ2) is 15.1. The fraction of sp³-hybridized carbons (Fsp3) is 1.00. The largest absolute Gasteiger partial charge is 1.00 e. The molecule has 4 unspecified atom stereocenters. The van der Waals surface area contributed by atoms with E-state index < -0.39 is 83.6 Å². The average molecular weight is 704 g/mol. The van der Waals surface area contributed by atoms with E-state index in [4.69, 9.17) is 48.9 Å². The molecule has 8 atom stereocenters. The van der Waals surface area contributed by atoms with E-state index in [9.17, 15) is 37.2 Å². The number of rotatable bonds is 12. The van der Waals surface area contributed by atoms with Crippen molar-refractivity contribution in [3.05, 3.63) is 0 Å². The number of phosphoric acid groups is 6. The van der Waals surface area contributed by atoms with Crippen molar-refractivity contribution in [1.29, 1.82) is 0 Å². The van der Waals surface area contributed by atoms with Crippen molar-refractivity contribution in [2.24, 2.45) is 0 Å². The van der Waals surface area contributed by atoms with E-state index in [0.29, 0.717) is 0 Å². The zero-order valence-electron chi connectivity index (χ0n) is 18.3. The van der Waals surface area contributed by atoms with E-state index in [1.165, 1.54) is 0 Å². The Balaban J connectivity index is 0. The van der Waals surface area contributed by atoms with Gasteiger partial charge >= 0.3 is 90.4 Å². The summed E-state index contributed by atoms with van der Waals surface area (Å²) in [7, 11) is -36.8. The summed E-state index contributed by atoms with van der Waals surface area (Å²) >= 11 is 0. The molecule has 0 aromatic rings. The van der Waals surface area contributed by atoms with Crippen LogP contribution < -0.4 is 68.9 Å². The van der Waals surface area contributed by atoms with Crippen molar-refractivity contribution in [2.45, 2.75) is 36.6 Å². The third-order valence-electron chi connectivity index (χ3n) is 3.49. The quantitative estimate of drug-likeness (QED) is 0.0666. The zero-order chi connectivity index (χ0) is 28.7. The number of hydrogen-bond acceptors (Lipinski definition) is 14. The van der Waals surface area contributed by atoms with E-state index in [1.807, 2.05) is 0 Å². The summed E-state index contributed by atoms with van der Waals surface area (Å²) in [6, 6.07) is 0. The third-order valence-corrected chi connectivity index (χ3v) is 6.58. The molecule has 0 aromatic heterocycles. The maximum Gasteiger partial charge on any atom is 1.00 e. The van der Waals surface area contributed by atoms with Crippen LogP contribution in [0.25, 0.3) is 0 Å². The molecule has 1 saturated carbocycles. The molecule has 0 bridgehead atoms.